The number of carbonyl (C=O) groups excluding carboxylic acids is 2. The summed E-state index contributed by atoms with van der Waals surface area (Å²) in [5, 5.41) is 0. The minimum Gasteiger partial charge on any atom is -0.451 e. The molecular formula is C16H27N3O5S. The number of carbonyl (C=O) groups is 2. The zero-order valence-corrected chi connectivity index (χ0v) is 16.3. The maximum atomic E-state index is 12.5. The number of aryl methyl sites for hydroxylation is 1. The number of nitrogens with zero attached hydrogens (tertiary/aromatic N) is 3. The van der Waals surface area contributed by atoms with Gasteiger partial charge in [0.15, 0.2) is 6.61 Å². The van der Waals surface area contributed by atoms with Gasteiger partial charge in [-0.25, -0.2) is 13.2 Å². The molecule has 0 fully saturated rings. The van der Waals surface area contributed by atoms with Crippen molar-refractivity contribution in [1.29, 1.82) is 0 Å². The van der Waals surface area contributed by atoms with E-state index in [1.807, 2.05) is 13.8 Å². The summed E-state index contributed by atoms with van der Waals surface area (Å²) in [6, 6.07) is 1.28. The minimum atomic E-state index is -3.66. The third kappa shape index (κ3) is 4.82. The van der Waals surface area contributed by atoms with Crippen molar-refractivity contribution in [3.05, 3.63) is 18.0 Å². The first-order valence-corrected chi connectivity index (χ1v) is 9.78. The summed E-state index contributed by atoms with van der Waals surface area (Å²) >= 11 is 0. The van der Waals surface area contributed by atoms with Gasteiger partial charge in [0, 0.05) is 39.4 Å². The van der Waals surface area contributed by atoms with Crippen LogP contribution in [0.25, 0.3) is 0 Å². The van der Waals surface area contributed by atoms with Gasteiger partial charge in [-0.15, -0.1) is 0 Å². The number of ether oxygens (including phenoxy) is 1. The van der Waals surface area contributed by atoms with Crippen LogP contribution in [0.4, 0.5) is 0 Å². The predicted molar refractivity (Wildman–Crippen MR) is 93.7 cm³/mol. The predicted octanol–water partition coefficient (Wildman–Crippen LogP) is 1.08. The van der Waals surface area contributed by atoms with E-state index in [4.69, 9.17) is 4.74 Å². The summed E-state index contributed by atoms with van der Waals surface area (Å²) in [7, 11) is -2.10. The SMILES string of the molecule is CCN(CC)C(=O)COC(=O)c1cc(S(=O)(=O)N(CC)CC)cn1C. The molecule has 1 rings (SSSR count). The van der Waals surface area contributed by atoms with Gasteiger partial charge in [-0.1, -0.05) is 13.8 Å². The van der Waals surface area contributed by atoms with Crippen molar-refractivity contribution in [3.8, 4) is 0 Å². The van der Waals surface area contributed by atoms with E-state index in [0.29, 0.717) is 26.2 Å². The smallest absolute Gasteiger partial charge is 0.355 e. The first-order valence-electron chi connectivity index (χ1n) is 8.34. The number of amides is 1. The number of hydrogen-bond acceptors (Lipinski definition) is 5. The van der Waals surface area contributed by atoms with E-state index >= 15 is 0 Å². The van der Waals surface area contributed by atoms with Gasteiger partial charge >= 0.3 is 5.97 Å². The van der Waals surface area contributed by atoms with Crippen LogP contribution >= 0.6 is 0 Å². The first kappa shape index (κ1) is 21.2. The number of esters is 1. The zero-order valence-electron chi connectivity index (χ0n) is 15.5. The molecule has 0 aromatic carbocycles. The molecule has 1 aromatic rings. The van der Waals surface area contributed by atoms with Crippen LogP contribution in [0.3, 0.4) is 0 Å². The van der Waals surface area contributed by atoms with Crippen LogP contribution in [0.15, 0.2) is 17.2 Å². The normalized spacial score (nSPS) is 11.6. The van der Waals surface area contributed by atoms with E-state index in [0.717, 1.165) is 0 Å². The highest BCUT2D eigenvalue weighted by Gasteiger charge is 2.26. The van der Waals surface area contributed by atoms with E-state index in [9.17, 15) is 18.0 Å². The lowest BCUT2D eigenvalue weighted by molar-refractivity contribution is -0.134. The number of aromatic nitrogens is 1. The highest BCUT2D eigenvalue weighted by atomic mass is 32.2. The summed E-state index contributed by atoms with van der Waals surface area (Å²) in [5.74, 6) is -1.02. The van der Waals surface area contributed by atoms with Crippen molar-refractivity contribution in [2.24, 2.45) is 7.05 Å². The van der Waals surface area contributed by atoms with Gasteiger partial charge in [0.1, 0.15) is 10.6 Å². The molecule has 0 aliphatic carbocycles. The van der Waals surface area contributed by atoms with E-state index in [1.165, 1.54) is 21.1 Å². The van der Waals surface area contributed by atoms with Crippen LogP contribution in [-0.2, 0) is 26.6 Å². The molecule has 1 aromatic heterocycles. The first-order chi connectivity index (χ1) is 11.7. The standard InChI is InChI=1S/C16H27N3O5S/c1-6-18(7-2)15(20)12-24-16(21)14-10-13(11-17(14)5)25(22,23)19(8-3)9-4/h10-11H,6-9,12H2,1-5H3. The molecule has 0 aliphatic heterocycles. The Kier molecular flexibility index (Phi) is 7.62. The molecule has 0 spiro atoms. The van der Waals surface area contributed by atoms with Crippen LogP contribution in [-0.4, -0.2) is 66.9 Å². The molecule has 0 bridgehead atoms. The van der Waals surface area contributed by atoms with Gasteiger partial charge in [-0.05, 0) is 19.9 Å². The maximum Gasteiger partial charge on any atom is 0.355 e. The number of hydrogen-bond donors (Lipinski definition) is 0. The molecule has 25 heavy (non-hydrogen) atoms. The zero-order chi connectivity index (χ0) is 19.2. The van der Waals surface area contributed by atoms with E-state index < -0.39 is 16.0 Å². The molecule has 0 atom stereocenters. The van der Waals surface area contributed by atoms with Crippen molar-refractivity contribution >= 4 is 21.9 Å². The Morgan fingerprint density at radius 2 is 1.64 bits per heavy atom. The lowest BCUT2D eigenvalue weighted by atomic mass is 10.4. The monoisotopic (exact) mass is 373 g/mol. The average Bonchev–Trinajstić information content (AvgIpc) is 2.97. The molecule has 0 saturated carbocycles. The molecule has 0 unspecified atom stereocenters. The largest absolute Gasteiger partial charge is 0.451 e. The fourth-order valence-corrected chi connectivity index (χ4v) is 3.99. The summed E-state index contributed by atoms with van der Waals surface area (Å²) in [4.78, 5) is 25.7. The van der Waals surface area contributed by atoms with Crippen molar-refractivity contribution in [2.45, 2.75) is 32.6 Å². The highest BCUT2D eigenvalue weighted by Crippen LogP contribution is 2.19. The highest BCUT2D eigenvalue weighted by molar-refractivity contribution is 7.89. The molecule has 0 N–H and O–H groups in total. The van der Waals surface area contributed by atoms with Gasteiger partial charge in [-0.3, -0.25) is 4.79 Å². The molecule has 8 nitrogen and oxygen atoms in total. The minimum absolute atomic E-state index is 0.0284. The average molecular weight is 373 g/mol. The van der Waals surface area contributed by atoms with Gasteiger partial charge in [0.25, 0.3) is 5.91 Å². The van der Waals surface area contributed by atoms with E-state index in [-0.39, 0.29) is 23.1 Å². The van der Waals surface area contributed by atoms with Crippen LogP contribution in [0.1, 0.15) is 38.2 Å². The number of likely N-dealkylation sites (N-methyl/N-ethyl adjacent to an activating group) is 1. The van der Waals surface area contributed by atoms with Crippen LogP contribution < -0.4 is 0 Å². The third-order valence-electron chi connectivity index (χ3n) is 3.98. The lowest BCUT2D eigenvalue weighted by Crippen LogP contribution is -2.34. The molecule has 0 radical (unpaired) electrons. The Morgan fingerprint density at radius 1 is 1.08 bits per heavy atom. The maximum absolute atomic E-state index is 12.5. The van der Waals surface area contributed by atoms with Crippen LogP contribution in [0, 0.1) is 0 Å². The fourth-order valence-electron chi connectivity index (χ4n) is 2.46. The summed E-state index contributed by atoms with van der Waals surface area (Å²) in [6.45, 7) is 8.54. The number of sulfonamides is 1. The molecule has 9 heteroatoms. The summed E-state index contributed by atoms with van der Waals surface area (Å²) in [5.41, 5.74) is 0.0816. The Hall–Kier alpha value is -1.87. The molecule has 0 aliphatic rings. The fraction of sp³-hybridized carbons (Fsp3) is 0.625. The van der Waals surface area contributed by atoms with Crippen LogP contribution in [0.2, 0.25) is 0 Å². The van der Waals surface area contributed by atoms with Gasteiger partial charge < -0.3 is 14.2 Å². The Balaban J connectivity index is 2.92. The number of rotatable bonds is 9. The second-order valence-corrected chi connectivity index (χ2v) is 7.34. The molecule has 0 saturated heterocycles. The second kappa shape index (κ2) is 9.00. The second-order valence-electron chi connectivity index (χ2n) is 5.40. The molecule has 1 heterocycles. The quantitative estimate of drug-likeness (QED) is 0.604. The topological polar surface area (TPSA) is 88.9 Å². The molecule has 142 valence electrons. The van der Waals surface area contributed by atoms with Gasteiger partial charge in [0.05, 0.1) is 0 Å². The third-order valence-corrected chi connectivity index (χ3v) is 5.99. The van der Waals surface area contributed by atoms with Crippen molar-refractivity contribution in [1.82, 2.24) is 13.8 Å². The Labute approximate surface area is 149 Å². The van der Waals surface area contributed by atoms with Crippen LogP contribution in [0.5, 0.6) is 0 Å². The van der Waals surface area contributed by atoms with Crippen molar-refractivity contribution < 1.29 is 22.7 Å². The Morgan fingerprint density at radius 3 is 2.12 bits per heavy atom. The molecular weight excluding hydrogens is 346 g/mol. The summed E-state index contributed by atoms with van der Waals surface area (Å²) in [6.07, 6.45) is 1.37. The van der Waals surface area contributed by atoms with Crippen molar-refractivity contribution in [3.63, 3.8) is 0 Å². The van der Waals surface area contributed by atoms with Gasteiger partial charge in [-0.2, -0.15) is 4.31 Å². The summed E-state index contributed by atoms with van der Waals surface area (Å²) < 4.78 is 32.8. The Bertz CT molecular complexity index is 703. The van der Waals surface area contributed by atoms with Gasteiger partial charge in [0.2, 0.25) is 10.0 Å². The van der Waals surface area contributed by atoms with E-state index in [1.54, 1.807) is 25.8 Å². The lowest BCUT2D eigenvalue weighted by Gasteiger charge is -2.18. The van der Waals surface area contributed by atoms with Crippen molar-refractivity contribution in [2.75, 3.05) is 32.8 Å². The molecule has 1 amide bonds. The van der Waals surface area contributed by atoms with E-state index in [2.05, 4.69) is 0 Å².